The summed E-state index contributed by atoms with van der Waals surface area (Å²) in [5, 5.41) is 6.09. The molecule has 0 aliphatic rings. The Morgan fingerprint density at radius 1 is 1.03 bits per heavy atom. The molecule has 0 radical (unpaired) electrons. The molecule has 0 atom stereocenters. The third kappa shape index (κ3) is 4.38. The minimum atomic E-state index is -0.883. The Hall–Kier alpha value is -4.35. The van der Waals surface area contributed by atoms with Crippen molar-refractivity contribution in [3.05, 3.63) is 58.3 Å². The smallest absolute Gasteiger partial charge is 0.442 e. The maximum absolute atomic E-state index is 12.5. The van der Waals surface area contributed by atoms with Crippen LogP contribution in [0, 0.1) is 0 Å². The molecule has 2 aromatic heterocycles. The van der Waals surface area contributed by atoms with Crippen molar-refractivity contribution in [2.75, 3.05) is 19.5 Å². The molecular formula is C18H15N5O7. The highest BCUT2D eigenvalue weighted by Gasteiger charge is 2.19. The molecule has 0 aliphatic heterocycles. The van der Waals surface area contributed by atoms with Crippen LogP contribution in [0.25, 0.3) is 11.6 Å². The van der Waals surface area contributed by atoms with Gasteiger partial charge in [-0.05, 0) is 24.3 Å². The first-order valence-corrected chi connectivity index (χ1v) is 8.38. The maximum Gasteiger partial charge on any atom is 0.442 e. The Labute approximate surface area is 168 Å². The average Bonchev–Trinajstić information content (AvgIpc) is 3.12. The van der Waals surface area contributed by atoms with E-state index in [2.05, 4.69) is 34.4 Å². The fourth-order valence-electron chi connectivity index (χ4n) is 2.50. The van der Waals surface area contributed by atoms with Gasteiger partial charge in [0.1, 0.15) is 6.54 Å². The average molecular weight is 413 g/mol. The second-order valence-corrected chi connectivity index (χ2v) is 5.76. The van der Waals surface area contributed by atoms with Crippen LogP contribution in [0.3, 0.4) is 0 Å². The lowest BCUT2D eigenvalue weighted by Crippen LogP contribution is -2.26. The van der Waals surface area contributed by atoms with Crippen LogP contribution in [0.5, 0.6) is 0 Å². The van der Waals surface area contributed by atoms with E-state index in [0.29, 0.717) is 0 Å². The topological polar surface area (TPSA) is 156 Å². The van der Waals surface area contributed by atoms with Gasteiger partial charge >= 0.3 is 17.7 Å². The quantitative estimate of drug-likeness (QED) is 0.565. The molecule has 12 heteroatoms. The van der Waals surface area contributed by atoms with E-state index in [1.165, 1.54) is 44.8 Å². The summed E-state index contributed by atoms with van der Waals surface area (Å²) in [6.07, 6.45) is 2.89. The van der Waals surface area contributed by atoms with Crippen LogP contribution in [0.15, 0.2) is 46.0 Å². The Kier molecular flexibility index (Phi) is 5.96. The molecule has 1 N–H and O–H groups in total. The minimum Gasteiger partial charge on any atom is -0.465 e. The van der Waals surface area contributed by atoms with Crippen molar-refractivity contribution in [2.45, 2.75) is 6.54 Å². The van der Waals surface area contributed by atoms with Gasteiger partial charge in [0.25, 0.3) is 0 Å². The number of nitrogens with zero attached hydrogens (tertiary/aromatic N) is 4. The van der Waals surface area contributed by atoms with E-state index in [9.17, 15) is 19.2 Å². The number of aromatic nitrogens is 4. The number of carbonyl (C=O) groups is 3. The highest BCUT2D eigenvalue weighted by Crippen LogP contribution is 2.17. The molecule has 30 heavy (non-hydrogen) atoms. The van der Waals surface area contributed by atoms with Gasteiger partial charge in [0.15, 0.2) is 5.82 Å². The summed E-state index contributed by atoms with van der Waals surface area (Å²) < 4.78 is 14.8. The molecular weight excluding hydrogens is 398 g/mol. The Bertz CT molecular complexity index is 1120. The summed E-state index contributed by atoms with van der Waals surface area (Å²) in [4.78, 5) is 56.1. The van der Waals surface area contributed by atoms with Gasteiger partial charge in [-0.1, -0.05) is 5.16 Å². The number of amides is 1. The lowest BCUT2D eigenvalue weighted by Gasteiger charge is -2.10. The van der Waals surface area contributed by atoms with Crippen molar-refractivity contribution in [1.82, 2.24) is 19.7 Å². The van der Waals surface area contributed by atoms with Crippen LogP contribution < -0.4 is 11.1 Å². The second-order valence-electron chi connectivity index (χ2n) is 5.76. The number of ether oxygens (including phenoxy) is 2. The van der Waals surface area contributed by atoms with E-state index >= 15 is 0 Å². The molecule has 12 nitrogen and oxygen atoms in total. The van der Waals surface area contributed by atoms with Gasteiger partial charge in [-0.3, -0.25) is 9.32 Å². The minimum absolute atomic E-state index is 0.0243. The van der Waals surface area contributed by atoms with E-state index < -0.39 is 30.1 Å². The first-order chi connectivity index (χ1) is 14.4. The van der Waals surface area contributed by atoms with Crippen molar-refractivity contribution in [3.63, 3.8) is 0 Å². The standard InChI is InChI=1S/C18H15N5O7/c1-28-16(25)10-6-11(17(26)29-2)8-12(7-10)21-13(24)9-23-15(22-30-18(23)27)14-19-4-3-5-20-14/h3-8H,9H2,1-2H3,(H,21,24). The predicted octanol–water partition coefficient (Wildman–Crippen LogP) is 0.505. The number of methoxy groups -OCH3 is 2. The molecule has 3 rings (SSSR count). The summed E-state index contributed by atoms with van der Waals surface area (Å²) >= 11 is 0. The van der Waals surface area contributed by atoms with Gasteiger partial charge in [0.2, 0.25) is 11.7 Å². The first kappa shape index (κ1) is 20.4. The van der Waals surface area contributed by atoms with Crippen molar-refractivity contribution < 1.29 is 28.4 Å². The number of carbonyl (C=O) groups excluding carboxylic acids is 3. The molecule has 0 fully saturated rings. The van der Waals surface area contributed by atoms with Crippen LogP contribution in [-0.2, 0) is 20.8 Å². The van der Waals surface area contributed by atoms with E-state index in [-0.39, 0.29) is 28.5 Å². The number of nitrogens with one attached hydrogen (secondary N) is 1. The zero-order chi connectivity index (χ0) is 21.7. The number of rotatable bonds is 6. The van der Waals surface area contributed by atoms with Crippen LogP contribution in [0.1, 0.15) is 20.7 Å². The molecule has 0 saturated carbocycles. The highest BCUT2D eigenvalue weighted by molar-refractivity contribution is 5.99. The molecule has 1 aromatic carbocycles. The molecule has 1 amide bonds. The van der Waals surface area contributed by atoms with Gasteiger partial charge in [-0.25, -0.2) is 28.9 Å². The zero-order valence-electron chi connectivity index (χ0n) is 15.8. The lowest BCUT2D eigenvalue weighted by atomic mass is 10.1. The van der Waals surface area contributed by atoms with Gasteiger partial charge < -0.3 is 14.8 Å². The zero-order valence-corrected chi connectivity index (χ0v) is 15.8. The van der Waals surface area contributed by atoms with Crippen molar-refractivity contribution in [3.8, 4) is 11.6 Å². The summed E-state index contributed by atoms with van der Waals surface area (Å²) in [5.41, 5.74) is 0.165. The van der Waals surface area contributed by atoms with Crippen LogP contribution in [0.4, 0.5) is 5.69 Å². The van der Waals surface area contributed by atoms with Gasteiger partial charge in [-0.15, -0.1) is 0 Å². The van der Waals surface area contributed by atoms with Gasteiger partial charge in [0.05, 0.1) is 25.3 Å². The van der Waals surface area contributed by atoms with E-state index in [1.807, 2.05) is 0 Å². The van der Waals surface area contributed by atoms with E-state index in [1.54, 1.807) is 6.07 Å². The molecule has 0 saturated heterocycles. The fraction of sp³-hybridized carbons (Fsp3) is 0.167. The van der Waals surface area contributed by atoms with E-state index in [0.717, 1.165) is 4.57 Å². The van der Waals surface area contributed by atoms with Crippen LogP contribution in [-0.4, -0.2) is 51.8 Å². The third-order valence-corrected chi connectivity index (χ3v) is 3.81. The van der Waals surface area contributed by atoms with E-state index in [4.69, 9.17) is 0 Å². The van der Waals surface area contributed by atoms with Crippen molar-refractivity contribution >= 4 is 23.5 Å². The van der Waals surface area contributed by atoms with Crippen molar-refractivity contribution in [1.29, 1.82) is 0 Å². The van der Waals surface area contributed by atoms with Crippen molar-refractivity contribution in [2.24, 2.45) is 0 Å². The monoisotopic (exact) mass is 413 g/mol. The second kappa shape index (κ2) is 8.77. The molecule has 0 spiro atoms. The maximum atomic E-state index is 12.5. The molecule has 154 valence electrons. The number of esters is 2. The van der Waals surface area contributed by atoms with Crippen LogP contribution in [0.2, 0.25) is 0 Å². The molecule has 3 aromatic rings. The fourth-order valence-corrected chi connectivity index (χ4v) is 2.50. The van der Waals surface area contributed by atoms with Gasteiger partial charge in [0, 0.05) is 18.1 Å². The number of anilines is 1. The third-order valence-electron chi connectivity index (χ3n) is 3.81. The normalized spacial score (nSPS) is 10.3. The predicted molar refractivity (Wildman–Crippen MR) is 99.5 cm³/mol. The number of hydrogen-bond donors (Lipinski definition) is 1. The Morgan fingerprint density at radius 3 is 2.20 bits per heavy atom. The summed E-state index contributed by atoms with van der Waals surface area (Å²) in [7, 11) is 2.35. The SMILES string of the molecule is COC(=O)c1cc(NC(=O)Cn2c(-c3ncccn3)noc2=O)cc(C(=O)OC)c1. The summed E-state index contributed by atoms with van der Waals surface area (Å²) in [5.74, 6) is -2.90. The molecule has 0 unspecified atom stereocenters. The summed E-state index contributed by atoms with van der Waals surface area (Å²) in [6.45, 7) is -0.480. The molecule has 2 heterocycles. The Morgan fingerprint density at radius 2 is 1.63 bits per heavy atom. The largest absolute Gasteiger partial charge is 0.465 e. The number of benzene rings is 1. The first-order valence-electron chi connectivity index (χ1n) is 8.38. The molecule has 0 aliphatic carbocycles. The number of hydrogen-bond acceptors (Lipinski definition) is 10. The highest BCUT2D eigenvalue weighted by atomic mass is 16.5. The lowest BCUT2D eigenvalue weighted by molar-refractivity contribution is -0.116. The van der Waals surface area contributed by atoms with Gasteiger partial charge in [-0.2, -0.15) is 0 Å². The van der Waals surface area contributed by atoms with Crippen LogP contribution >= 0.6 is 0 Å². The Balaban J connectivity index is 1.87. The summed E-state index contributed by atoms with van der Waals surface area (Å²) in [6, 6.07) is 5.47. The molecule has 0 bridgehead atoms.